The van der Waals surface area contributed by atoms with Crippen molar-refractivity contribution >= 4 is 0 Å². The van der Waals surface area contributed by atoms with Crippen LogP contribution in [0.2, 0.25) is 0 Å². The van der Waals surface area contributed by atoms with Gasteiger partial charge in [-0.3, -0.25) is 0 Å². The van der Waals surface area contributed by atoms with Gasteiger partial charge in [-0.05, 0) is 25.0 Å². The predicted molar refractivity (Wildman–Crippen MR) is 62.0 cm³/mol. The van der Waals surface area contributed by atoms with Crippen LogP contribution in [0.5, 0.6) is 5.75 Å². The Labute approximate surface area is 100 Å². The van der Waals surface area contributed by atoms with Crippen molar-refractivity contribution in [3.8, 4) is 5.75 Å². The van der Waals surface area contributed by atoms with E-state index in [4.69, 9.17) is 4.74 Å². The summed E-state index contributed by atoms with van der Waals surface area (Å²) < 4.78 is 31.6. The molecule has 0 amide bonds. The summed E-state index contributed by atoms with van der Waals surface area (Å²) in [6, 6.07) is 3.05. The van der Waals surface area contributed by atoms with Crippen molar-refractivity contribution in [3.05, 3.63) is 29.8 Å². The fourth-order valence-electron chi connectivity index (χ4n) is 1.65. The topological polar surface area (TPSA) is 29.5 Å². The molecule has 2 atom stereocenters. The number of benzene rings is 1. The Kier molecular flexibility index (Phi) is 5.35. The first-order valence-corrected chi connectivity index (χ1v) is 5.88. The van der Waals surface area contributed by atoms with Crippen molar-refractivity contribution in [1.82, 2.24) is 0 Å². The lowest BCUT2D eigenvalue weighted by Crippen LogP contribution is -2.31. The molecular weight excluding hydrogens is 226 g/mol. The zero-order valence-corrected chi connectivity index (χ0v) is 10.1. The highest BCUT2D eigenvalue weighted by atomic mass is 19.1. The van der Waals surface area contributed by atoms with Crippen LogP contribution >= 0.6 is 0 Å². The van der Waals surface area contributed by atoms with Gasteiger partial charge in [-0.2, -0.15) is 0 Å². The second kappa shape index (κ2) is 6.55. The van der Waals surface area contributed by atoms with E-state index in [0.717, 1.165) is 24.6 Å². The lowest BCUT2D eigenvalue weighted by atomic mass is 10.1. The minimum atomic E-state index is -0.660. The molecule has 0 aliphatic carbocycles. The lowest BCUT2D eigenvalue weighted by Gasteiger charge is -2.23. The Balaban J connectivity index is 2.76. The Morgan fingerprint density at radius 3 is 2.59 bits per heavy atom. The van der Waals surface area contributed by atoms with Gasteiger partial charge in [-0.1, -0.05) is 20.3 Å². The molecule has 0 aliphatic rings. The average molecular weight is 244 g/mol. The van der Waals surface area contributed by atoms with E-state index in [2.05, 4.69) is 0 Å². The van der Waals surface area contributed by atoms with E-state index in [1.165, 1.54) is 0 Å². The zero-order valence-electron chi connectivity index (χ0n) is 10.1. The SMILES string of the molecule is CCCC(O)C(CC)Oc1cc(F)ccc1F. The number of aliphatic hydroxyl groups excluding tert-OH is 1. The normalized spacial score (nSPS) is 14.4. The molecule has 1 aromatic carbocycles. The smallest absolute Gasteiger partial charge is 0.165 e. The maximum atomic E-state index is 13.3. The number of halogens is 2. The number of ether oxygens (including phenoxy) is 1. The summed E-state index contributed by atoms with van der Waals surface area (Å²) in [5.41, 5.74) is 0. The Bertz CT molecular complexity index is 355. The lowest BCUT2D eigenvalue weighted by molar-refractivity contribution is 0.0261. The highest BCUT2D eigenvalue weighted by molar-refractivity contribution is 5.25. The van der Waals surface area contributed by atoms with Gasteiger partial charge in [0.05, 0.1) is 6.10 Å². The molecule has 17 heavy (non-hydrogen) atoms. The summed E-state index contributed by atoms with van der Waals surface area (Å²) in [7, 11) is 0. The van der Waals surface area contributed by atoms with Gasteiger partial charge in [-0.25, -0.2) is 8.78 Å². The fourth-order valence-corrected chi connectivity index (χ4v) is 1.65. The summed E-state index contributed by atoms with van der Waals surface area (Å²) in [4.78, 5) is 0. The molecule has 2 unspecified atom stereocenters. The van der Waals surface area contributed by atoms with Crippen molar-refractivity contribution in [2.45, 2.75) is 45.3 Å². The Morgan fingerprint density at radius 1 is 1.29 bits per heavy atom. The molecule has 0 aliphatic heterocycles. The standard InChI is InChI=1S/C13H18F2O2/c1-3-5-11(16)12(4-2)17-13-8-9(14)6-7-10(13)15/h6-8,11-12,16H,3-5H2,1-2H3. The monoisotopic (exact) mass is 244 g/mol. The highest BCUT2D eigenvalue weighted by Gasteiger charge is 2.20. The molecule has 2 nitrogen and oxygen atoms in total. The number of aliphatic hydroxyl groups is 1. The first-order valence-electron chi connectivity index (χ1n) is 5.88. The summed E-state index contributed by atoms with van der Waals surface area (Å²) in [5, 5.41) is 9.79. The summed E-state index contributed by atoms with van der Waals surface area (Å²) in [6.07, 6.45) is 0.762. The van der Waals surface area contributed by atoms with Gasteiger partial charge in [0.2, 0.25) is 0 Å². The summed E-state index contributed by atoms with van der Waals surface area (Å²) >= 11 is 0. The third-order valence-electron chi connectivity index (χ3n) is 2.59. The quantitative estimate of drug-likeness (QED) is 0.832. The van der Waals surface area contributed by atoms with Crippen molar-refractivity contribution in [2.24, 2.45) is 0 Å². The second-order valence-corrected chi connectivity index (χ2v) is 4.00. The van der Waals surface area contributed by atoms with Crippen LogP contribution in [0.1, 0.15) is 33.1 Å². The molecular formula is C13H18F2O2. The molecule has 4 heteroatoms. The zero-order chi connectivity index (χ0) is 12.8. The van der Waals surface area contributed by atoms with E-state index in [9.17, 15) is 13.9 Å². The van der Waals surface area contributed by atoms with Crippen molar-refractivity contribution in [1.29, 1.82) is 0 Å². The third kappa shape index (κ3) is 3.97. The van der Waals surface area contributed by atoms with Crippen LogP contribution in [0.25, 0.3) is 0 Å². The molecule has 0 fully saturated rings. The van der Waals surface area contributed by atoms with Gasteiger partial charge in [0.15, 0.2) is 11.6 Å². The highest BCUT2D eigenvalue weighted by Crippen LogP contribution is 2.22. The largest absolute Gasteiger partial charge is 0.485 e. The maximum absolute atomic E-state index is 13.3. The van der Waals surface area contributed by atoms with Gasteiger partial charge < -0.3 is 9.84 Å². The van der Waals surface area contributed by atoms with E-state index >= 15 is 0 Å². The van der Waals surface area contributed by atoms with Crippen LogP contribution in [-0.4, -0.2) is 17.3 Å². The van der Waals surface area contributed by atoms with Crippen molar-refractivity contribution < 1.29 is 18.6 Å². The molecule has 0 saturated heterocycles. The van der Waals surface area contributed by atoms with Crippen LogP contribution in [0.3, 0.4) is 0 Å². The maximum Gasteiger partial charge on any atom is 0.165 e. The minimum Gasteiger partial charge on any atom is -0.485 e. The third-order valence-corrected chi connectivity index (χ3v) is 2.59. The first kappa shape index (κ1) is 13.9. The number of rotatable bonds is 6. The van der Waals surface area contributed by atoms with E-state index < -0.39 is 23.8 Å². The summed E-state index contributed by atoms with van der Waals surface area (Å²) in [6.45, 7) is 3.78. The van der Waals surface area contributed by atoms with E-state index in [0.29, 0.717) is 12.8 Å². The molecule has 96 valence electrons. The molecule has 0 radical (unpaired) electrons. The molecule has 0 aromatic heterocycles. The van der Waals surface area contributed by atoms with Gasteiger partial charge in [0.1, 0.15) is 11.9 Å². The Hall–Kier alpha value is -1.16. The fraction of sp³-hybridized carbons (Fsp3) is 0.538. The molecule has 0 heterocycles. The van der Waals surface area contributed by atoms with Gasteiger partial charge in [0, 0.05) is 6.07 Å². The van der Waals surface area contributed by atoms with Gasteiger partial charge in [0.25, 0.3) is 0 Å². The summed E-state index contributed by atoms with van der Waals surface area (Å²) in [5.74, 6) is -1.32. The molecule has 1 N–H and O–H groups in total. The second-order valence-electron chi connectivity index (χ2n) is 4.00. The predicted octanol–water partition coefficient (Wildman–Crippen LogP) is 3.28. The molecule has 0 bridgehead atoms. The Morgan fingerprint density at radius 2 is 2.00 bits per heavy atom. The first-order chi connectivity index (χ1) is 8.08. The van der Waals surface area contributed by atoms with Crippen LogP contribution in [0.4, 0.5) is 8.78 Å². The van der Waals surface area contributed by atoms with Crippen LogP contribution in [0.15, 0.2) is 18.2 Å². The van der Waals surface area contributed by atoms with Crippen LogP contribution in [-0.2, 0) is 0 Å². The van der Waals surface area contributed by atoms with E-state index in [1.54, 1.807) is 0 Å². The minimum absolute atomic E-state index is 0.146. The average Bonchev–Trinajstić information content (AvgIpc) is 2.30. The van der Waals surface area contributed by atoms with E-state index in [-0.39, 0.29) is 5.75 Å². The number of hydrogen-bond acceptors (Lipinski definition) is 2. The van der Waals surface area contributed by atoms with Gasteiger partial charge >= 0.3 is 0 Å². The van der Waals surface area contributed by atoms with Crippen molar-refractivity contribution in [2.75, 3.05) is 0 Å². The molecule has 0 spiro atoms. The molecule has 1 aromatic rings. The van der Waals surface area contributed by atoms with Crippen LogP contribution < -0.4 is 4.74 Å². The number of hydrogen-bond donors (Lipinski definition) is 1. The van der Waals surface area contributed by atoms with Crippen molar-refractivity contribution in [3.63, 3.8) is 0 Å². The van der Waals surface area contributed by atoms with E-state index in [1.807, 2.05) is 13.8 Å². The molecule has 0 saturated carbocycles. The van der Waals surface area contributed by atoms with Crippen LogP contribution in [0, 0.1) is 11.6 Å². The molecule has 1 rings (SSSR count). The van der Waals surface area contributed by atoms with Gasteiger partial charge in [-0.15, -0.1) is 0 Å².